The molecule has 0 amide bonds. The number of hydrogen-bond donors (Lipinski definition) is 1. The molecular weight excluding hydrogens is 190 g/mol. The Labute approximate surface area is 79.5 Å². The van der Waals surface area contributed by atoms with Gasteiger partial charge in [-0.2, -0.15) is 0 Å². The SMILES string of the molecule is CCOC(=O)c1cn[nH]c1[N+](=O)OC. The third-order valence-corrected chi connectivity index (χ3v) is 1.46. The van der Waals surface area contributed by atoms with Gasteiger partial charge in [0.2, 0.25) is 0 Å². The van der Waals surface area contributed by atoms with Crippen LogP contribution in [0.1, 0.15) is 17.3 Å². The number of nitrogens with one attached hydrogen (secondary N) is 1. The monoisotopic (exact) mass is 200 g/mol. The molecule has 0 saturated carbocycles. The van der Waals surface area contributed by atoms with Gasteiger partial charge in [0.1, 0.15) is 7.11 Å². The van der Waals surface area contributed by atoms with Gasteiger partial charge >= 0.3 is 11.8 Å². The van der Waals surface area contributed by atoms with E-state index in [1.54, 1.807) is 6.92 Å². The molecule has 76 valence electrons. The van der Waals surface area contributed by atoms with Crippen molar-refractivity contribution < 1.29 is 19.3 Å². The number of aromatic nitrogens is 2. The Morgan fingerprint density at radius 2 is 2.43 bits per heavy atom. The molecule has 1 heterocycles. The highest BCUT2D eigenvalue weighted by molar-refractivity contribution is 5.92. The standard InChI is InChI=1S/C7H9N3O4/c1-3-14-7(11)5-4-8-9-6(5)10(12)13-2/h4H,3H2,1-2H3/p+1. The van der Waals surface area contributed by atoms with Gasteiger partial charge in [0.05, 0.1) is 12.8 Å². The highest BCUT2D eigenvalue weighted by atomic mass is 16.8. The smallest absolute Gasteiger partial charge is 0.402 e. The zero-order chi connectivity index (χ0) is 10.6. The van der Waals surface area contributed by atoms with Gasteiger partial charge in [-0.25, -0.2) is 4.79 Å². The molecule has 1 rings (SSSR count). The first-order chi connectivity index (χ1) is 6.70. The van der Waals surface area contributed by atoms with Crippen molar-refractivity contribution in [3.63, 3.8) is 0 Å². The highest BCUT2D eigenvalue weighted by Crippen LogP contribution is 2.15. The van der Waals surface area contributed by atoms with Gasteiger partial charge in [-0.05, 0) is 11.8 Å². The Bertz CT molecular complexity index is 346. The van der Waals surface area contributed by atoms with E-state index < -0.39 is 5.97 Å². The summed E-state index contributed by atoms with van der Waals surface area (Å²) in [6, 6.07) is 0. The summed E-state index contributed by atoms with van der Waals surface area (Å²) >= 11 is 0. The van der Waals surface area contributed by atoms with Crippen LogP contribution >= 0.6 is 0 Å². The fourth-order valence-corrected chi connectivity index (χ4v) is 0.868. The number of H-pyrrole nitrogens is 1. The summed E-state index contributed by atoms with van der Waals surface area (Å²) in [6.45, 7) is 1.90. The van der Waals surface area contributed by atoms with Crippen LogP contribution in [0.3, 0.4) is 0 Å². The van der Waals surface area contributed by atoms with Crippen molar-refractivity contribution >= 4 is 11.8 Å². The summed E-state index contributed by atoms with van der Waals surface area (Å²) in [5, 5.41) is 5.88. The van der Waals surface area contributed by atoms with Gasteiger partial charge in [-0.3, -0.25) is 0 Å². The van der Waals surface area contributed by atoms with Gasteiger partial charge < -0.3 is 9.57 Å². The molecule has 1 aromatic rings. The van der Waals surface area contributed by atoms with Crippen molar-refractivity contribution in [1.82, 2.24) is 10.2 Å². The molecule has 0 bridgehead atoms. The van der Waals surface area contributed by atoms with Gasteiger partial charge in [-0.1, -0.05) is 5.10 Å². The van der Waals surface area contributed by atoms with E-state index in [9.17, 15) is 9.70 Å². The van der Waals surface area contributed by atoms with Gasteiger partial charge in [-0.15, -0.1) is 5.10 Å². The van der Waals surface area contributed by atoms with Crippen molar-refractivity contribution in [2.75, 3.05) is 13.7 Å². The minimum absolute atomic E-state index is 0.0451. The number of esters is 1. The number of hydrogen-bond acceptors (Lipinski definition) is 5. The van der Waals surface area contributed by atoms with Crippen LogP contribution < -0.4 is 0 Å². The molecule has 0 aliphatic rings. The number of aromatic amines is 1. The lowest BCUT2D eigenvalue weighted by atomic mass is 10.3. The molecule has 14 heavy (non-hydrogen) atoms. The number of carbonyl (C=O) groups is 1. The molecule has 1 aromatic heterocycles. The lowest BCUT2D eigenvalue weighted by Crippen LogP contribution is -2.08. The van der Waals surface area contributed by atoms with E-state index in [4.69, 9.17) is 4.74 Å². The first kappa shape index (κ1) is 10.2. The topological polar surface area (TPSA) is 84.3 Å². The van der Waals surface area contributed by atoms with Crippen LogP contribution in [-0.2, 0) is 9.57 Å². The second-order valence-corrected chi connectivity index (χ2v) is 2.29. The molecule has 0 radical (unpaired) electrons. The molecule has 0 spiro atoms. The lowest BCUT2D eigenvalue weighted by molar-refractivity contribution is -0.739. The zero-order valence-electron chi connectivity index (χ0n) is 7.81. The van der Waals surface area contributed by atoms with E-state index in [-0.39, 0.29) is 22.9 Å². The van der Waals surface area contributed by atoms with Crippen molar-refractivity contribution in [2.45, 2.75) is 6.92 Å². The summed E-state index contributed by atoms with van der Waals surface area (Å²) in [4.78, 5) is 26.8. The van der Waals surface area contributed by atoms with E-state index in [0.29, 0.717) is 0 Å². The molecule has 0 unspecified atom stereocenters. The van der Waals surface area contributed by atoms with Crippen LogP contribution in [0, 0.1) is 4.91 Å². The predicted molar refractivity (Wildman–Crippen MR) is 44.8 cm³/mol. The molecule has 0 aliphatic heterocycles. The largest absolute Gasteiger partial charge is 0.462 e. The zero-order valence-corrected chi connectivity index (χ0v) is 7.81. The minimum atomic E-state index is -0.617. The number of rotatable bonds is 4. The van der Waals surface area contributed by atoms with Crippen LogP contribution in [0.25, 0.3) is 0 Å². The third kappa shape index (κ3) is 1.87. The Morgan fingerprint density at radius 1 is 1.71 bits per heavy atom. The Hall–Kier alpha value is -1.92. The van der Waals surface area contributed by atoms with E-state index in [2.05, 4.69) is 15.0 Å². The van der Waals surface area contributed by atoms with Crippen molar-refractivity contribution in [3.8, 4) is 0 Å². The average molecular weight is 200 g/mol. The fraction of sp³-hybridized carbons (Fsp3) is 0.429. The predicted octanol–water partition coefficient (Wildman–Crippen LogP) is 0.558. The molecular formula is C7H10N3O4+. The molecule has 7 nitrogen and oxygen atoms in total. The molecule has 0 aliphatic carbocycles. The minimum Gasteiger partial charge on any atom is -0.462 e. The number of nitrogens with zero attached hydrogens (tertiary/aromatic N) is 2. The van der Waals surface area contributed by atoms with Gasteiger partial charge in [0.15, 0.2) is 10.5 Å². The molecule has 0 aromatic carbocycles. The van der Waals surface area contributed by atoms with E-state index in [0.717, 1.165) is 0 Å². The molecule has 0 saturated heterocycles. The third-order valence-electron chi connectivity index (χ3n) is 1.46. The second kappa shape index (κ2) is 4.35. The number of ether oxygens (including phenoxy) is 1. The van der Waals surface area contributed by atoms with Crippen molar-refractivity contribution in [3.05, 3.63) is 16.7 Å². The molecule has 0 atom stereocenters. The summed E-state index contributed by atoms with van der Waals surface area (Å²) in [7, 11) is 1.18. The molecule has 7 heteroatoms. The van der Waals surface area contributed by atoms with Gasteiger partial charge in [0.25, 0.3) is 0 Å². The first-order valence-electron chi connectivity index (χ1n) is 3.92. The normalized spacial score (nSPS) is 9.57. The van der Waals surface area contributed by atoms with Crippen LogP contribution in [0.5, 0.6) is 0 Å². The Balaban J connectivity index is 2.92. The van der Waals surface area contributed by atoms with E-state index >= 15 is 0 Å². The van der Waals surface area contributed by atoms with E-state index in [1.165, 1.54) is 13.3 Å². The van der Waals surface area contributed by atoms with E-state index in [1.807, 2.05) is 0 Å². The summed E-state index contributed by atoms with van der Waals surface area (Å²) in [6.07, 6.45) is 1.21. The summed E-state index contributed by atoms with van der Waals surface area (Å²) < 4.78 is 4.70. The van der Waals surface area contributed by atoms with Crippen LogP contribution in [-0.4, -0.2) is 34.8 Å². The number of carbonyl (C=O) groups excluding carboxylic acids is 1. The lowest BCUT2D eigenvalue weighted by Gasteiger charge is -1.96. The van der Waals surface area contributed by atoms with Crippen LogP contribution in [0.15, 0.2) is 6.20 Å². The quantitative estimate of drug-likeness (QED) is 0.567. The molecule has 1 N–H and O–H groups in total. The maximum Gasteiger partial charge on any atom is 0.402 e. The average Bonchev–Trinajstić information content (AvgIpc) is 2.65. The van der Waals surface area contributed by atoms with Crippen LogP contribution in [0.2, 0.25) is 0 Å². The molecule has 0 fully saturated rings. The van der Waals surface area contributed by atoms with Crippen LogP contribution in [0.4, 0.5) is 5.82 Å². The van der Waals surface area contributed by atoms with Crippen molar-refractivity contribution in [1.29, 1.82) is 0 Å². The Morgan fingerprint density at radius 3 is 3.00 bits per heavy atom. The first-order valence-corrected chi connectivity index (χ1v) is 3.92. The Kier molecular flexibility index (Phi) is 3.16. The van der Waals surface area contributed by atoms with Gasteiger partial charge in [0, 0.05) is 0 Å². The summed E-state index contributed by atoms with van der Waals surface area (Å²) in [5.41, 5.74) is 0.0451. The highest BCUT2D eigenvalue weighted by Gasteiger charge is 2.27. The van der Waals surface area contributed by atoms with Crippen molar-refractivity contribution in [2.24, 2.45) is 0 Å². The summed E-state index contributed by atoms with van der Waals surface area (Å²) in [5.74, 6) is -0.694. The fourth-order valence-electron chi connectivity index (χ4n) is 0.868. The second-order valence-electron chi connectivity index (χ2n) is 2.29. The maximum absolute atomic E-state index is 11.2. The maximum atomic E-state index is 11.2.